The second-order valence-corrected chi connectivity index (χ2v) is 14.1. The van der Waals surface area contributed by atoms with E-state index in [2.05, 4.69) is 27.4 Å². The topological polar surface area (TPSA) is 82.1 Å². The Morgan fingerprint density at radius 2 is 1.88 bits per heavy atom. The molecule has 188 valence electrons. The van der Waals surface area contributed by atoms with E-state index >= 15 is 0 Å². The molecule has 0 unspecified atom stereocenters. The molecule has 1 heterocycles. The number of hydrogen-bond donors (Lipinski definition) is 1. The van der Waals surface area contributed by atoms with E-state index in [1.54, 1.807) is 19.1 Å². The van der Waals surface area contributed by atoms with E-state index in [4.69, 9.17) is 13.9 Å². The molecule has 5 atom stereocenters. The Hall–Kier alpha value is -1.70. The molecule has 1 aliphatic rings. The van der Waals surface area contributed by atoms with Crippen LogP contribution in [0.4, 0.5) is 0 Å². The molecule has 0 amide bonds. The third-order valence-corrected chi connectivity index (χ3v) is 11.5. The van der Waals surface area contributed by atoms with Gasteiger partial charge in [-0.2, -0.15) is 0 Å². The minimum atomic E-state index is -1.99. The van der Waals surface area contributed by atoms with E-state index in [0.717, 1.165) is 23.7 Å². The van der Waals surface area contributed by atoms with Gasteiger partial charge in [0.1, 0.15) is 17.8 Å². The van der Waals surface area contributed by atoms with Crippen LogP contribution in [0.3, 0.4) is 0 Å². The minimum Gasteiger partial charge on any atom is -0.457 e. The van der Waals surface area contributed by atoms with Crippen molar-refractivity contribution in [1.29, 1.82) is 0 Å². The second kappa shape index (κ2) is 13.3. The van der Waals surface area contributed by atoms with Gasteiger partial charge in [0.05, 0.1) is 12.5 Å². The lowest BCUT2D eigenvalue weighted by Crippen LogP contribution is -2.45. The Balaban J connectivity index is 3.41. The Morgan fingerprint density at radius 1 is 1.27 bits per heavy atom. The summed E-state index contributed by atoms with van der Waals surface area (Å²) in [6, 6.07) is 2.88. The van der Waals surface area contributed by atoms with E-state index in [1.807, 2.05) is 26.0 Å². The predicted octanol–water partition coefficient (Wildman–Crippen LogP) is 5.48. The van der Waals surface area contributed by atoms with Gasteiger partial charge in [0.2, 0.25) is 0 Å². The SMILES string of the molecule is C=C/C=C(\C)[C@H]1OC(=O)C[C@H](O[Si](CC)(CC)CC)CC[C@@](C)(O)[C@@H](OC(C)=O)/C=C/[C@@H]1C. The van der Waals surface area contributed by atoms with E-state index in [-0.39, 0.29) is 24.4 Å². The van der Waals surface area contributed by atoms with Crippen LogP contribution < -0.4 is 0 Å². The van der Waals surface area contributed by atoms with Crippen molar-refractivity contribution in [2.75, 3.05) is 0 Å². The van der Waals surface area contributed by atoms with Crippen LogP contribution in [0, 0.1) is 5.92 Å². The highest BCUT2D eigenvalue weighted by Crippen LogP contribution is 2.31. The van der Waals surface area contributed by atoms with Crippen LogP contribution in [0.1, 0.15) is 67.7 Å². The molecule has 0 radical (unpaired) electrons. The first-order valence-corrected chi connectivity index (χ1v) is 14.7. The first-order valence-electron chi connectivity index (χ1n) is 12.2. The highest BCUT2D eigenvalue weighted by molar-refractivity contribution is 6.73. The van der Waals surface area contributed by atoms with Gasteiger partial charge in [-0.25, -0.2) is 0 Å². The molecule has 0 saturated carbocycles. The van der Waals surface area contributed by atoms with Crippen LogP contribution in [0.15, 0.2) is 36.5 Å². The van der Waals surface area contributed by atoms with E-state index in [0.29, 0.717) is 12.8 Å². The largest absolute Gasteiger partial charge is 0.457 e. The quantitative estimate of drug-likeness (QED) is 0.214. The van der Waals surface area contributed by atoms with Crippen molar-refractivity contribution in [1.82, 2.24) is 0 Å². The molecular formula is C26H44O6Si. The molecule has 1 rings (SSSR count). The van der Waals surface area contributed by atoms with Gasteiger partial charge in [0.15, 0.2) is 8.32 Å². The number of cyclic esters (lactones) is 1. The maximum absolute atomic E-state index is 13.0. The summed E-state index contributed by atoms with van der Waals surface area (Å²) in [6.45, 7) is 17.0. The summed E-state index contributed by atoms with van der Waals surface area (Å²) in [5.41, 5.74) is -0.441. The Morgan fingerprint density at radius 3 is 2.39 bits per heavy atom. The Bertz CT molecular complexity index is 714. The molecule has 0 aromatic carbocycles. The molecule has 1 aliphatic heterocycles. The average molecular weight is 481 g/mol. The van der Waals surface area contributed by atoms with E-state index < -0.39 is 32.1 Å². The zero-order valence-electron chi connectivity index (χ0n) is 21.6. The van der Waals surface area contributed by atoms with Gasteiger partial charge in [0, 0.05) is 12.8 Å². The first kappa shape index (κ1) is 29.3. The normalized spacial score (nSPS) is 31.0. The standard InChI is InChI=1S/C26H44O6Si/c1-9-13-19(5)25-20(6)14-15-23(30-21(7)27)26(8,29)17-16-22(18-24(28)31-25)32-33(10-2,11-3)12-4/h9,13-15,20,22-23,25,29H,1,10-12,16-18H2,2-8H3/b15-14+,19-13+/t20-,22+,23-,25+,26+/m0/s1. The van der Waals surface area contributed by atoms with Crippen LogP contribution in [0.2, 0.25) is 18.1 Å². The molecule has 0 aromatic heterocycles. The summed E-state index contributed by atoms with van der Waals surface area (Å²) in [6.07, 6.45) is 6.25. The summed E-state index contributed by atoms with van der Waals surface area (Å²) in [4.78, 5) is 24.7. The van der Waals surface area contributed by atoms with Crippen LogP contribution in [-0.2, 0) is 23.5 Å². The number of carbonyl (C=O) groups is 2. The molecule has 0 aromatic rings. The molecule has 1 N–H and O–H groups in total. The maximum atomic E-state index is 13.0. The van der Waals surface area contributed by atoms with Crippen molar-refractivity contribution in [3.63, 3.8) is 0 Å². The first-order chi connectivity index (χ1) is 15.4. The number of ether oxygens (including phenoxy) is 2. The van der Waals surface area contributed by atoms with Gasteiger partial charge in [-0.15, -0.1) is 0 Å². The lowest BCUT2D eigenvalue weighted by molar-refractivity contribution is -0.157. The predicted molar refractivity (Wildman–Crippen MR) is 134 cm³/mol. The summed E-state index contributed by atoms with van der Waals surface area (Å²) in [5.74, 6) is -0.976. The Kier molecular flexibility index (Phi) is 11.8. The number of aliphatic hydroxyl groups is 1. The van der Waals surface area contributed by atoms with Crippen molar-refractivity contribution in [2.45, 2.75) is 110 Å². The molecule has 0 spiro atoms. The maximum Gasteiger partial charge on any atom is 0.308 e. The highest BCUT2D eigenvalue weighted by atomic mass is 28.4. The van der Waals surface area contributed by atoms with Gasteiger partial charge in [-0.1, -0.05) is 52.5 Å². The van der Waals surface area contributed by atoms with Crippen molar-refractivity contribution in [3.8, 4) is 0 Å². The summed E-state index contributed by atoms with van der Waals surface area (Å²) in [5, 5.41) is 11.3. The fourth-order valence-corrected chi connectivity index (χ4v) is 7.26. The lowest BCUT2D eigenvalue weighted by Gasteiger charge is -2.36. The number of carbonyl (C=O) groups excluding carboxylic acids is 2. The third kappa shape index (κ3) is 8.87. The highest BCUT2D eigenvalue weighted by Gasteiger charge is 2.38. The van der Waals surface area contributed by atoms with E-state index in [9.17, 15) is 14.7 Å². The van der Waals surface area contributed by atoms with Crippen LogP contribution in [-0.4, -0.2) is 49.3 Å². The van der Waals surface area contributed by atoms with Gasteiger partial charge in [-0.3, -0.25) is 9.59 Å². The summed E-state index contributed by atoms with van der Waals surface area (Å²) < 4.78 is 18.1. The number of allylic oxidation sites excluding steroid dienone is 2. The van der Waals surface area contributed by atoms with Gasteiger partial charge >= 0.3 is 11.9 Å². The Labute approximate surface area is 201 Å². The zero-order valence-corrected chi connectivity index (χ0v) is 22.6. The second-order valence-electron chi connectivity index (χ2n) is 9.41. The molecular weight excluding hydrogens is 436 g/mol. The molecule has 6 nitrogen and oxygen atoms in total. The number of hydrogen-bond acceptors (Lipinski definition) is 6. The average Bonchev–Trinajstić information content (AvgIpc) is 2.76. The van der Waals surface area contributed by atoms with Crippen molar-refractivity contribution in [3.05, 3.63) is 36.5 Å². The molecule has 0 aliphatic carbocycles. The number of rotatable bonds is 8. The smallest absolute Gasteiger partial charge is 0.308 e. The monoisotopic (exact) mass is 480 g/mol. The fourth-order valence-electron chi connectivity index (χ4n) is 4.35. The zero-order chi connectivity index (χ0) is 25.2. The molecule has 0 saturated heterocycles. The van der Waals surface area contributed by atoms with Crippen molar-refractivity contribution >= 4 is 20.3 Å². The molecule has 33 heavy (non-hydrogen) atoms. The van der Waals surface area contributed by atoms with Crippen LogP contribution >= 0.6 is 0 Å². The van der Waals surface area contributed by atoms with Crippen molar-refractivity contribution < 1.29 is 28.6 Å². The number of esters is 2. The van der Waals surface area contributed by atoms with Crippen LogP contribution in [0.5, 0.6) is 0 Å². The summed E-state index contributed by atoms with van der Waals surface area (Å²) in [7, 11) is -1.99. The van der Waals surface area contributed by atoms with E-state index in [1.165, 1.54) is 6.92 Å². The molecule has 0 fully saturated rings. The third-order valence-electron chi connectivity index (χ3n) is 6.78. The van der Waals surface area contributed by atoms with Gasteiger partial charge < -0.3 is 19.0 Å². The van der Waals surface area contributed by atoms with Crippen molar-refractivity contribution in [2.24, 2.45) is 5.92 Å². The van der Waals surface area contributed by atoms with Gasteiger partial charge in [-0.05, 0) is 56.5 Å². The molecule has 7 heteroatoms. The van der Waals surface area contributed by atoms with Gasteiger partial charge in [0.25, 0.3) is 0 Å². The lowest BCUT2D eigenvalue weighted by atomic mass is 9.89. The van der Waals surface area contributed by atoms with Crippen LogP contribution in [0.25, 0.3) is 0 Å². The minimum absolute atomic E-state index is 0.122. The summed E-state index contributed by atoms with van der Waals surface area (Å²) >= 11 is 0. The fraction of sp³-hybridized carbons (Fsp3) is 0.692. The molecule has 0 bridgehead atoms.